The Hall–Kier alpha value is -1.96. The van der Waals surface area contributed by atoms with Crippen LogP contribution in [-0.4, -0.2) is 18.6 Å². The first-order valence-corrected chi connectivity index (χ1v) is 9.43. The Bertz CT molecular complexity index is 892. The van der Waals surface area contributed by atoms with E-state index in [1.54, 1.807) is 25.2 Å². The van der Waals surface area contributed by atoms with E-state index in [2.05, 4.69) is 14.9 Å². The van der Waals surface area contributed by atoms with Crippen LogP contribution in [0.15, 0.2) is 47.4 Å². The van der Waals surface area contributed by atoms with Crippen LogP contribution in [0.25, 0.3) is 10.4 Å². The molecule has 0 fully saturated rings. The summed E-state index contributed by atoms with van der Waals surface area (Å²) < 4.78 is 27.5. The molecule has 0 aliphatic heterocycles. The molecule has 0 saturated carbocycles. The molecule has 0 unspecified atom stereocenters. The molecule has 0 aliphatic rings. The minimum Gasteiger partial charge on any atom is -0.281 e. The molecular weight excluding hydrogens is 330 g/mol. The van der Waals surface area contributed by atoms with Crippen molar-refractivity contribution in [1.82, 2.24) is 14.9 Å². The highest BCUT2D eigenvalue weighted by molar-refractivity contribution is 7.89. The normalized spacial score (nSPS) is 11.7. The van der Waals surface area contributed by atoms with Crippen molar-refractivity contribution < 1.29 is 8.42 Å². The average molecular weight is 347 g/mol. The van der Waals surface area contributed by atoms with E-state index in [1.807, 2.05) is 42.5 Å². The third-order valence-electron chi connectivity index (χ3n) is 3.49. The molecule has 120 valence electrons. The van der Waals surface area contributed by atoms with Crippen molar-refractivity contribution in [3.05, 3.63) is 58.7 Å². The molecular formula is C16H17N3O2S2. The minimum absolute atomic E-state index is 0.234. The largest absolute Gasteiger partial charge is 0.281 e. The molecule has 0 spiro atoms. The molecule has 0 saturated heterocycles. The molecule has 3 rings (SSSR count). The molecule has 1 aromatic carbocycles. The molecule has 7 heteroatoms. The zero-order valence-electron chi connectivity index (χ0n) is 12.8. The standard InChI is InChI=1S/C16H17N3O2S2/c1-11-16(12(2)19-18-11)23(20,21)17-10-14-8-9-15(22-14)13-6-4-3-5-7-13/h3-9,17H,10H2,1-2H3,(H,18,19). The average Bonchev–Trinajstić information content (AvgIpc) is 3.13. The maximum atomic E-state index is 12.4. The van der Waals surface area contributed by atoms with Crippen LogP contribution < -0.4 is 4.72 Å². The summed E-state index contributed by atoms with van der Waals surface area (Å²) in [5.74, 6) is 0. The summed E-state index contributed by atoms with van der Waals surface area (Å²) in [5, 5.41) is 6.64. The van der Waals surface area contributed by atoms with Gasteiger partial charge in [0.15, 0.2) is 0 Å². The summed E-state index contributed by atoms with van der Waals surface area (Å²) in [5.41, 5.74) is 2.16. The summed E-state index contributed by atoms with van der Waals surface area (Å²) >= 11 is 1.58. The minimum atomic E-state index is -3.57. The number of aromatic nitrogens is 2. The second-order valence-electron chi connectivity index (χ2n) is 5.22. The Morgan fingerprint density at radius 2 is 1.87 bits per heavy atom. The summed E-state index contributed by atoms with van der Waals surface area (Å²) in [6, 6.07) is 14.0. The topological polar surface area (TPSA) is 74.8 Å². The van der Waals surface area contributed by atoms with E-state index in [4.69, 9.17) is 0 Å². The Morgan fingerprint density at radius 1 is 1.13 bits per heavy atom. The number of benzene rings is 1. The number of aryl methyl sites for hydroxylation is 2. The molecule has 0 amide bonds. The molecule has 0 radical (unpaired) electrons. The summed E-state index contributed by atoms with van der Waals surface area (Å²) in [4.78, 5) is 2.32. The first-order chi connectivity index (χ1) is 11.0. The van der Waals surface area contributed by atoms with Crippen LogP contribution in [0.3, 0.4) is 0 Å². The van der Waals surface area contributed by atoms with E-state index in [0.29, 0.717) is 11.4 Å². The van der Waals surface area contributed by atoms with Crippen LogP contribution in [-0.2, 0) is 16.6 Å². The van der Waals surface area contributed by atoms with Gasteiger partial charge in [-0.3, -0.25) is 5.10 Å². The van der Waals surface area contributed by atoms with E-state index >= 15 is 0 Å². The highest BCUT2D eigenvalue weighted by Gasteiger charge is 2.22. The number of sulfonamides is 1. The van der Waals surface area contributed by atoms with Crippen molar-refractivity contribution in [3.8, 4) is 10.4 Å². The molecule has 2 aromatic heterocycles. The zero-order valence-corrected chi connectivity index (χ0v) is 14.5. The Morgan fingerprint density at radius 3 is 2.52 bits per heavy atom. The van der Waals surface area contributed by atoms with Gasteiger partial charge in [0.1, 0.15) is 4.90 Å². The van der Waals surface area contributed by atoms with Gasteiger partial charge in [0.25, 0.3) is 0 Å². The molecule has 0 atom stereocenters. The quantitative estimate of drug-likeness (QED) is 0.744. The summed E-state index contributed by atoms with van der Waals surface area (Å²) in [6.45, 7) is 3.65. The maximum Gasteiger partial charge on any atom is 0.244 e. The van der Waals surface area contributed by atoms with Crippen molar-refractivity contribution in [2.24, 2.45) is 0 Å². The van der Waals surface area contributed by atoms with Crippen molar-refractivity contribution in [2.75, 3.05) is 0 Å². The number of H-pyrrole nitrogens is 1. The Kier molecular flexibility index (Phi) is 4.34. The predicted octanol–water partition coefficient (Wildman–Crippen LogP) is 3.23. The van der Waals surface area contributed by atoms with Gasteiger partial charge in [0.05, 0.1) is 11.4 Å². The van der Waals surface area contributed by atoms with Crippen LogP contribution in [0.1, 0.15) is 16.3 Å². The van der Waals surface area contributed by atoms with Gasteiger partial charge in [-0.2, -0.15) is 5.10 Å². The first-order valence-electron chi connectivity index (χ1n) is 7.13. The van der Waals surface area contributed by atoms with Gasteiger partial charge in [-0.25, -0.2) is 13.1 Å². The first kappa shape index (κ1) is 15.9. The van der Waals surface area contributed by atoms with Crippen LogP contribution in [0.4, 0.5) is 0 Å². The third-order valence-corrected chi connectivity index (χ3v) is 6.28. The van der Waals surface area contributed by atoms with Crippen LogP contribution in [0.2, 0.25) is 0 Å². The fourth-order valence-electron chi connectivity index (χ4n) is 2.41. The van der Waals surface area contributed by atoms with Gasteiger partial charge < -0.3 is 0 Å². The second-order valence-corrected chi connectivity index (χ2v) is 8.09. The van der Waals surface area contributed by atoms with Crippen LogP contribution in [0.5, 0.6) is 0 Å². The number of nitrogens with one attached hydrogen (secondary N) is 2. The number of aromatic amines is 1. The lowest BCUT2D eigenvalue weighted by Gasteiger charge is -2.05. The number of hydrogen-bond acceptors (Lipinski definition) is 4. The van der Waals surface area contributed by atoms with Crippen LogP contribution >= 0.6 is 11.3 Å². The number of hydrogen-bond donors (Lipinski definition) is 2. The predicted molar refractivity (Wildman–Crippen MR) is 91.8 cm³/mol. The van der Waals surface area contributed by atoms with E-state index < -0.39 is 10.0 Å². The highest BCUT2D eigenvalue weighted by atomic mass is 32.2. The van der Waals surface area contributed by atoms with Gasteiger partial charge in [0.2, 0.25) is 10.0 Å². The molecule has 5 nitrogen and oxygen atoms in total. The van der Waals surface area contributed by atoms with Crippen LogP contribution in [0, 0.1) is 13.8 Å². The van der Waals surface area contributed by atoms with E-state index in [0.717, 1.165) is 15.3 Å². The monoisotopic (exact) mass is 347 g/mol. The van der Waals surface area contributed by atoms with Gasteiger partial charge in [0, 0.05) is 16.3 Å². The summed E-state index contributed by atoms with van der Waals surface area (Å²) in [6.07, 6.45) is 0. The maximum absolute atomic E-state index is 12.4. The fourth-order valence-corrected chi connectivity index (χ4v) is 4.82. The fraction of sp³-hybridized carbons (Fsp3) is 0.188. The van der Waals surface area contributed by atoms with Crippen molar-refractivity contribution in [2.45, 2.75) is 25.3 Å². The molecule has 0 bridgehead atoms. The lowest BCUT2D eigenvalue weighted by atomic mass is 10.2. The zero-order chi connectivity index (χ0) is 16.4. The van der Waals surface area contributed by atoms with Gasteiger partial charge >= 0.3 is 0 Å². The van der Waals surface area contributed by atoms with Gasteiger partial charge in [-0.1, -0.05) is 30.3 Å². The SMILES string of the molecule is Cc1n[nH]c(C)c1S(=O)(=O)NCc1ccc(-c2ccccc2)s1. The third kappa shape index (κ3) is 3.36. The Balaban J connectivity index is 1.75. The Labute approximate surface area is 139 Å². The lowest BCUT2D eigenvalue weighted by Crippen LogP contribution is -2.23. The van der Waals surface area contributed by atoms with Crippen molar-refractivity contribution >= 4 is 21.4 Å². The van der Waals surface area contributed by atoms with E-state index in [1.165, 1.54) is 0 Å². The smallest absolute Gasteiger partial charge is 0.244 e. The number of rotatable bonds is 5. The molecule has 2 N–H and O–H groups in total. The van der Waals surface area contributed by atoms with Gasteiger partial charge in [-0.05, 0) is 31.5 Å². The lowest BCUT2D eigenvalue weighted by molar-refractivity contribution is 0.580. The molecule has 23 heavy (non-hydrogen) atoms. The summed E-state index contributed by atoms with van der Waals surface area (Å²) in [7, 11) is -3.57. The number of nitrogens with zero attached hydrogens (tertiary/aromatic N) is 1. The van der Waals surface area contributed by atoms with E-state index in [-0.39, 0.29) is 11.4 Å². The number of thiophene rings is 1. The van der Waals surface area contributed by atoms with E-state index in [9.17, 15) is 8.42 Å². The van der Waals surface area contributed by atoms with Crippen molar-refractivity contribution in [1.29, 1.82) is 0 Å². The second kappa shape index (κ2) is 6.27. The van der Waals surface area contributed by atoms with Gasteiger partial charge in [-0.15, -0.1) is 11.3 Å². The molecule has 3 aromatic rings. The highest BCUT2D eigenvalue weighted by Crippen LogP contribution is 2.28. The van der Waals surface area contributed by atoms with Crippen molar-refractivity contribution in [3.63, 3.8) is 0 Å². The molecule has 0 aliphatic carbocycles. The molecule has 2 heterocycles.